The van der Waals surface area contributed by atoms with Gasteiger partial charge in [0.1, 0.15) is 10.4 Å². The van der Waals surface area contributed by atoms with Gasteiger partial charge >= 0.3 is 5.69 Å². The standard InChI is InChI=1S/C19H18ClN3O4S/c1-27-11-4-5-13(20)12(8-11)15-9-14-17(28-15)18(25)23(19(26)22-14)10-3-2-6-21-16(24)7-10/h4-5,8-10H,2-3,6-7H2,1H3,(H,21,24)(H,22,26)/t10-/m0/s1. The molecular weight excluding hydrogens is 402 g/mol. The van der Waals surface area contributed by atoms with Crippen molar-refractivity contribution in [1.82, 2.24) is 14.9 Å². The lowest BCUT2D eigenvalue weighted by molar-refractivity contribution is -0.121. The van der Waals surface area contributed by atoms with E-state index in [0.29, 0.717) is 34.0 Å². The zero-order chi connectivity index (χ0) is 19.8. The van der Waals surface area contributed by atoms with Gasteiger partial charge in [-0.15, -0.1) is 11.3 Å². The monoisotopic (exact) mass is 419 g/mol. The molecule has 0 spiro atoms. The first-order valence-electron chi connectivity index (χ1n) is 8.87. The number of hydrogen-bond donors (Lipinski definition) is 2. The number of rotatable bonds is 3. The first-order chi connectivity index (χ1) is 13.5. The number of aromatic nitrogens is 2. The molecule has 1 aromatic carbocycles. The van der Waals surface area contributed by atoms with Crippen molar-refractivity contribution in [2.75, 3.05) is 13.7 Å². The minimum absolute atomic E-state index is 0.119. The van der Waals surface area contributed by atoms with Gasteiger partial charge in [0, 0.05) is 28.4 Å². The number of H-pyrrole nitrogens is 1. The fraction of sp³-hybridized carbons (Fsp3) is 0.316. The van der Waals surface area contributed by atoms with Crippen LogP contribution in [-0.2, 0) is 4.79 Å². The van der Waals surface area contributed by atoms with Gasteiger partial charge in [-0.25, -0.2) is 4.79 Å². The predicted octanol–water partition coefficient (Wildman–Crippen LogP) is 2.92. The molecule has 0 aliphatic carbocycles. The molecule has 28 heavy (non-hydrogen) atoms. The van der Waals surface area contributed by atoms with Crippen LogP contribution in [0.15, 0.2) is 33.9 Å². The Bertz CT molecular complexity index is 1180. The predicted molar refractivity (Wildman–Crippen MR) is 110 cm³/mol. The van der Waals surface area contributed by atoms with E-state index < -0.39 is 11.7 Å². The van der Waals surface area contributed by atoms with Crippen LogP contribution in [0.25, 0.3) is 20.7 Å². The third-order valence-electron chi connectivity index (χ3n) is 4.87. The maximum Gasteiger partial charge on any atom is 0.329 e. The Morgan fingerprint density at radius 3 is 2.86 bits per heavy atom. The second kappa shape index (κ2) is 7.44. The van der Waals surface area contributed by atoms with Gasteiger partial charge in [0.2, 0.25) is 5.91 Å². The van der Waals surface area contributed by atoms with Crippen LogP contribution in [0.2, 0.25) is 5.02 Å². The highest BCUT2D eigenvalue weighted by molar-refractivity contribution is 7.22. The van der Waals surface area contributed by atoms with Gasteiger partial charge in [-0.1, -0.05) is 11.6 Å². The van der Waals surface area contributed by atoms with Crippen LogP contribution in [0.3, 0.4) is 0 Å². The molecule has 0 unspecified atom stereocenters. The van der Waals surface area contributed by atoms with Crippen molar-refractivity contribution < 1.29 is 9.53 Å². The van der Waals surface area contributed by atoms with Gasteiger partial charge in [-0.3, -0.25) is 14.2 Å². The molecule has 9 heteroatoms. The molecule has 1 atom stereocenters. The van der Waals surface area contributed by atoms with Crippen molar-refractivity contribution in [2.24, 2.45) is 0 Å². The Kier molecular flexibility index (Phi) is 4.99. The summed E-state index contributed by atoms with van der Waals surface area (Å²) in [4.78, 5) is 41.1. The number of aromatic amines is 1. The minimum Gasteiger partial charge on any atom is -0.497 e. The Balaban J connectivity index is 1.85. The van der Waals surface area contributed by atoms with E-state index >= 15 is 0 Å². The normalized spacial score (nSPS) is 17.4. The largest absolute Gasteiger partial charge is 0.497 e. The second-order valence-corrected chi connectivity index (χ2v) is 8.11. The zero-order valence-corrected chi connectivity index (χ0v) is 16.7. The number of fused-ring (bicyclic) bond motifs is 1. The SMILES string of the molecule is COc1ccc(Cl)c(-c2cc3[nH]c(=O)n([C@H]4CCCNC(=O)C4)c(=O)c3s2)c1. The molecule has 0 saturated carbocycles. The van der Waals surface area contributed by atoms with Crippen LogP contribution in [0, 0.1) is 0 Å². The summed E-state index contributed by atoms with van der Waals surface area (Å²) >= 11 is 7.58. The number of amides is 1. The summed E-state index contributed by atoms with van der Waals surface area (Å²) in [5.41, 5.74) is 0.304. The minimum atomic E-state index is -0.502. The van der Waals surface area contributed by atoms with Gasteiger partial charge < -0.3 is 15.0 Å². The highest BCUT2D eigenvalue weighted by Gasteiger charge is 2.24. The van der Waals surface area contributed by atoms with Crippen molar-refractivity contribution in [3.05, 3.63) is 50.1 Å². The third kappa shape index (κ3) is 3.33. The Morgan fingerprint density at radius 2 is 2.07 bits per heavy atom. The van der Waals surface area contributed by atoms with Gasteiger partial charge in [0.05, 0.1) is 18.7 Å². The molecule has 3 aromatic rings. The number of benzene rings is 1. The summed E-state index contributed by atoms with van der Waals surface area (Å²) in [6.07, 6.45) is 1.43. The molecule has 2 N–H and O–H groups in total. The molecule has 0 radical (unpaired) electrons. The van der Waals surface area contributed by atoms with E-state index in [4.69, 9.17) is 16.3 Å². The fourth-order valence-electron chi connectivity index (χ4n) is 3.48. The van der Waals surface area contributed by atoms with E-state index in [1.807, 2.05) is 0 Å². The van der Waals surface area contributed by atoms with Gasteiger partial charge in [0.15, 0.2) is 0 Å². The topological polar surface area (TPSA) is 93.2 Å². The maximum absolute atomic E-state index is 13.1. The molecule has 4 rings (SSSR count). The van der Waals surface area contributed by atoms with E-state index in [9.17, 15) is 14.4 Å². The molecule has 1 saturated heterocycles. The summed E-state index contributed by atoms with van der Waals surface area (Å²) in [5.74, 6) is 0.496. The second-order valence-electron chi connectivity index (χ2n) is 6.65. The van der Waals surface area contributed by atoms with Crippen molar-refractivity contribution in [2.45, 2.75) is 25.3 Å². The molecule has 1 fully saturated rings. The molecule has 146 valence electrons. The lowest BCUT2D eigenvalue weighted by Crippen LogP contribution is -2.38. The van der Waals surface area contributed by atoms with Crippen LogP contribution in [-0.4, -0.2) is 29.1 Å². The number of hydrogen-bond acceptors (Lipinski definition) is 5. The average Bonchev–Trinajstić information content (AvgIpc) is 2.97. The van der Waals surface area contributed by atoms with Crippen LogP contribution < -0.4 is 21.3 Å². The molecule has 1 aliphatic rings. The van der Waals surface area contributed by atoms with E-state index in [0.717, 1.165) is 16.9 Å². The van der Waals surface area contributed by atoms with Crippen LogP contribution >= 0.6 is 22.9 Å². The summed E-state index contributed by atoms with van der Waals surface area (Å²) in [6.45, 7) is 0.557. The molecule has 0 bridgehead atoms. The zero-order valence-electron chi connectivity index (χ0n) is 15.1. The highest BCUT2D eigenvalue weighted by Crippen LogP contribution is 2.37. The molecule has 1 amide bonds. The quantitative estimate of drug-likeness (QED) is 0.682. The molecule has 2 aromatic heterocycles. The van der Waals surface area contributed by atoms with E-state index in [1.54, 1.807) is 31.4 Å². The molecule has 1 aliphatic heterocycles. The lowest BCUT2D eigenvalue weighted by atomic mass is 10.1. The summed E-state index contributed by atoms with van der Waals surface area (Å²) in [6, 6.07) is 6.57. The number of nitrogens with zero attached hydrogens (tertiary/aromatic N) is 1. The van der Waals surface area contributed by atoms with Crippen molar-refractivity contribution in [3.63, 3.8) is 0 Å². The number of carbonyl (C=O) groups excluding carboxylic acids is 1. The Morgan fingerprint density at radius 1 is 1.25 bits per heavy atom. The Hall–Kier alpha value is -2.58. The van der Waals surface area contributed by atoms with Crippen LogP contribution in [0.5, 0.6) is 5.75 Å². The summed E-state index contributed by atoms with van der Waals surface area (Å²) < 4.78 is 6.86. The Labute approximate surface area is 168 Å². The first-order valence-corrected chi connectivity index (χ1v) is 10.1. The first kappa shape index (κ1) is 18.8. The van der Waals surface area contributed by atoms with Crippen molar-refractivity contribution >= 4 is 39.1 Å². The lowest BCUT2D eigenvalue weighted by Gasteiger charge is -2.14. The number of thiophene rings is 1. The summed E-state index contributed by atoms with van der Waals surface area (Å²) in [7, 11) is 1.57. The number of methoxy groups -OCH3 is 1. The smallest absolute Gasteiger partial charge is 0.329 e. The highest BCUT2D eigenvalue weighted by atomic mass is 35.5. The maximum atomic E-state index is 13.1. The van der Waals surface area contributed by atoms with Crippen molar-refractivity contribution in [1.29, 1.82) is 0 Å². The number of nitrogens with one attached hydrogen (secondary N) is 2. The third-order valence-corrected chi connectivity index (χ3v) is 6.35. The van der Waals surface area contributed by atoms with E-state index in [1.165, 1.54) is 15.9 Å². The average molecular weight is 420 g/mol. The van der Waals surface area contributed by atoms with Crippen LogP contribution in [0.4, 0.5) is 0 Å². The van der Waals surface area contributed by atoms with Gasteiger partial charge in [0.25, 0.3) is 5.56 Å². The van der Waals surface area contributed by atoms with Gasteiger partial charge in [-0.05, 0) is 37.1 Å². The van der Waals surface area contributed by atoms with E-state index in [-0.39, 0.29) is 17.9 Å². The molecule has 3 heterocycles. The fourth-order valence-corrected chi connectivity index (χ4v) is 4.83. The molecule has 7 nitrogen and oxygen atoms in total. The van der Waals surface area contributed by atoms with Gasteiger partial charge in [-0.2, -0.15) is 0 Å². The van der Waals surface area contributed by atoms with Crippen LogP contribution in [0.1, 0.15) is 25.3 Å². The number of ether oxygens (including phenoxy) is 1. The summed E-state index contributed by atoms with van der Waals surface area (Å²) in [5, 5.41) is 3.30. The van der Waals surface area contributed by atoms with E-state index in [2.05, 4.69) is 10.3 Å². The molecular formula is C19H18ClN3O4S. The number of carbonyl (C=O) groups is 1. The van der Waals surface area contributed by atoms with Crippen molar-refractivity contribution in [3.8, 4) is 16.2 Å². The number of halogens is 1.